The van der Waals surface area contributed by atoms with Crippen molar-refractivity contribution in [2.24, 2.45) is 0 Å². The van der Waals surface area contributed by atoms with E-state index in [4.69, 9.17) is 9.47 Å². The first kappa shape index (κ1) is 24.7. The van der Waals surface area contributed by atoms with E-state index in [0.717, 1.165) is 0 Å². The Labute approximate surface area is 206 Å². The molecule has 4 rings (SSSR count). The van der Waals surface area contributed by atoms with Crippen LogP contribution in [0.2, 0.25) is 0 Å². The van der Waals surface area contributed by atoms with Crippen LogP contribution in [0.5, 0.6) is 34.5 Å². The minimum Gasteiger partial charge on any atom is -0.506 e. The Bertz CT molecular complexity index is 1490. The lowest BCUT2D eigenvalue weighted by atomic mass is 9.90. The van der Waals surface area contributed by atoms with E-state index < -0.39 is 23.0 Å². The van der Waals surface area contributed by atoms with E-state index in [0.29, 0.717) is 21.9 Å². The second kappa shape index (κ2) is 8.64. The number of fused-ring (bicyclic) bond motifs is 2. The van der Waals surface area contributed by atoms with Crippen LogP contribution < -0.4 is 9.47 Å². The molecule has 0 unspecified atom stereocenters. The highest BCUT2D eigenvalue weighted by Crippen LogP contribution is 2.55. The summed E-state index contributed by atoms with van der Waals surface area (Å²) in [7, 11) is 2.75. The highest BCUT2D eigenvalue weighted by molar-refractivity contribution is 6.13. The molecule has 0 aliphatic heterocycles. The fourth-order valence-electron chi connectivity index (χ4n) is 4.98. The molecule has 0 amide bonds. The van der Waals surface area contributed by atoms with E-state index in [9.17, 15) is 30.0 Å². The molecule has 0 spiro atoms. The van der Waals surface area contributed by atoms with Gasteiger partial charge in [0.15, 0.2) is 11.6 Å². The number of methoxy groups -OCH3 is 2. The van der Waals surface area contributed by atoms with Crippen LogP contribution in [0.1, 0.15) is 45.7 Å². The minimum atomic E-state index is -0.462. The fraction of sp³-hybridized carbons (Fsp3) is 0.214. The standard InChI is InChI=1S/C28H26O8/c1-11-7-15-9-17(35-5)23(27(33)21(15)25(31)19(11)13(3)29)24-18(36-6)10-16-8-12(2)20(14(4)30)26(32)22(16)28(24)34/h7-10,31-34H,1-6H3. The summed E-state index contributed by atoms with van der Waals surface area (Å²) in [6, 6.07) is 6.40. The summed E-state index contributed by atoms with van der Waals surface area (Å²) in [5.74, 6) is -2.22. The van der Waals surface area contributed by atoms with Gasteiger partial charge in [-0.15, -0.1) is 0 Å². The first-order valence-corrected chi connectivity index (χ1v) is 11.1. The zero-order valence-electron chi connectivity index (χ0n) is 20.7. The zero-order valence-corrected chi connectivity index (χ0v) is 20.7. The topological polar surface area (TPSA) is 134 Å². The quantitative estimate of drug-likeness (QED) is 0.269. The molecule has 8 heteroatoms. The van der Waals surface area contributed by atoms with Crippen LogP contribution >= 0.6 is 0 Å². The van der Waals surface area contributed by atoms with E-state index in [-0.39, 0.29) is 56.1 Å². The number of ether oxygens (including phenoxy) is 2. The van der Waals surface area contributed by atoms with E-state index >= 15 is 0 Å². The SMILES string of the molecule is COc1cc2cc(C)c(C(C)=O)c(O)c2c(O)c1-c1c(OC)cc2cc(C)c(C(C)=O)c(O)c2c1O. The summed E-state index contributed by atoms with van der Waals surface area (Å²) in [5, 5.41) is 45.6. The Morgan fingerprint density at radius 1 is 0.611 bits per heavy atom. The number of aryl methyl sites for hydroxylation is 2. The molecular formula is C28H26O8. The Hall–Kier alpha value is -4.46. The summed E-state index contributed by atoms with van der Waals surface area (Å²) < 4.78 is 11.1. The Kier molecular flexibility index (Phi) is 5.92. The van der Waals surface area contributed by atoms with Crippen molar-refractivity contribution in [3.8, 4) is 45.6 Å². The molecule has 0 fully saturated rings. The van der Waals surface area contributed by atoms with Crippen molar-refractivity contribution in [3.05, 3.63) is 46.5 Å². The minimum absolute atomic E-state index is 0.0132. The van der Waals surface area contributed by atoms with E-state index in [1.165, 1.54) is 28.1 Å². The molecule has 0 saturated heterocycles. The highest BCUT2D eigenvalue weighted by Gasteiger charge is 2.29. The van der Waals surface area contributed by atoms with Crippen LogP contribution in [0.3, 0.4) is 0 Å². The molecule has 8 nitrogen and oxygen atoms in total. The summed E-state index contributed by atoms with van der Waals surface area (Å²) >= 11 is 0. The van der Waals surface area contributed by atoms with Gasteiger partial charge in [-0.05, 0) is 61.7 Å². The molecule has 0 radical (unpaired) electrons. The number of phenolic OH excluding ortho intramolecular Hbond substituents is 4. The molecule has 4 N–H and O–H groups in total. The summed E-state index contributed by atoms with van der Waals surface area (Å²) in [4.78, 5) is 24.4. The van der Waals surface area contributed by atoms with Crippen LogP contribution in [-0.2, 0) is 0 Å². The van der Waals surface area contributed by atoms with Crippen molar-refractivity contribution < 1.29 is 39.5 Å². The summed E-state index contributed by atoms with van der Waals surface area (Å²) in [6.07, 6.45) is 0. The smallest absolute Gasteiger partial charge is 0.163 e. The Morgan fingerprint density at radius 2 is 0.944 bits per heavy atom. The monoisotopic (exact) mass is 490 g/mol. The first-order chi connectivity index (χ1) is 16.9. The molecule has 186 valence electrons. The predicted octanol–water partition coefficient (Wildman–Crippen LogP) is 5.52. The Balaban J connectivity index is 2.23. The van der Waals surface area contributed by atoms with Crippen LogP contribution in [0.15, 0.2) is 24.3 Å². The number of hydrogen-bond acceptors (Lipinski definition) is 8. The molecular weight excluding hydrogens is 464 g/mol. The molecule has 36 heavy (non-hydrogen) atoms. The predicted molar refractivity (Wildman–Crippen MR) is 136 cm³/mol. The Morgan fingerprint density at radius 3 is 1.22 bits per heavy atom. The van der Waals surface area contributed by atoms with Gasteiger partial charge in [-0.1, -0.05) is 12.1 Å². The average molecular weight is 491 g/mol. The number of carbonyl (C=O) groups excluding carboxylic acids is 2. The van der Waals surface area contributed by atoms with E-state index in [1.807, 2.05) is 0 Å². The van der Waals surface area contributed by atoms with E-state index in [1.54, 1.807) is 38.1 Å². The van der Waals surface area contributed by atoms with Crippen LogP contribution in [0.4, 0.5) is 0 Å². The molecule has 0 aliphatic carbocycles. The van der Waals surface area contributed by atoms with Gasteiger partial charge in [-0.2, -0.15) is 0 Å². The number of rotatable bonds is 5. The van der Waals surface area contributed by atoms with Crippen molar-refractivity contribution in [3.63, 3.8) is 0 Å². The molecule has 4 aromatic rings. The number of carbonyl (C=O) groups is 2. The second-order valence-corrected chi connectivity index (χ2v) is 8.75. The lowest BCUT2D eigenvalue weighted by molar-refractivity contribution is 0.100. The van der Waals surface area contributed by atoms with E-state index in [2.05, 4.69) is 0 Å². The third-order valence-corrected chi connectivity index (χ3v) is 6.46. The maximum Gasteiger partial charge on any atom is 0.163 e. The number of benzene rings is 4. The summed E-state index contributed by atoms with van der Waals surface area (Å²) in [5.41, 5.74) is 1.10. The lowest BCUT2D eigenvalue weighted by Gasteiger charge is -2.21. The number of phenols is 4. The van der Waals surface area contributed by atoms with Gasteiger partial charge in [0.2, 0.25) is 0 Å². The maximum atomic E-state index is 12.2. The number of Topliss-reactive ketones (excluding diaryl/α,β-unsaturated/α-hetero) is 2. The average Bonchev–Trinajstić information content (AvgIpc) is 2.78. The third-order valence-electron chi connectivity index (χ3n) is 6.46. The van der Waals surface area contributed by atoms with Crippen molar-refractivity contribution in [1.82, 2.24) is 0 Å². The zero-order chi connectivity index (χ0) is 26.6. The van der Waals surface area contributed by atoms with Gasteiger partial charge in [0.1, 0.15) is 34.5 Å². The van der Waals surface area contributed by atoms with Gasteiger partial charge >= 0.3 is 0 Å². The second-order valence-electron chi connectivity index (χ2n) is 8.75. The lowest BCUT2D eigenvalue weighted by Crippen LogP contribution is -2.00. The van der Waals surface area contributed by atoms with Gasteiger partial charge < -0.3 is 29.9 Å². The molecule has 0 aromatic heterocycles. The van der Waals surface area contributed by atoms with Crippen molar-refractivity contribution in [2.45, 2.75) is 27.7 Å². The van der Waals surface area contributed by atoms with Crippen LogP contribution in [0, 0.1) is 13.8 Å². The third kappa shape index (κ3) is 3.45. The van der Waals surface area contributed by atoms with Crippen LogP contribution in [-0.4, -0.2) is 46.2 Å². The molecule has 0 heterocycles. The first-order valence-electron chi connectivity index (χ1n) is 11.1. The van der Waals surface area contributed by atoms with Crippen molar-refractivity contribution in [1.29, 1.82) is 0 Å². The maximum absolute atomic E-state index is 12.2. The largest absolute Gasteiger partial charge is 0.506 e. The molecule has 0 bridgehead atoms. The van der Waals surface area contributed by atoms with Gasteiger partial charge in [0.25, 0.3) is 0 Å². The van der Waals surface area contributed by atoms with Crippen molar-refractivity contribution >= 4 is 33.1 Å². The molecule has 0 atom stereocenters. The van der Waals surface area contributed by atoms with Crippen molar-refractivity contribution in [2.75, 3.05) is 14.2 Å². The number of ketones is 2. The molecule has 4 aromatic carbocycles. The normalized spacial score (nSPS) is 11.2. The number of hydrogen-bond donors (Lipinski definition) is 4. The van der Waals surface area contributed by atoms with Gasteiger partial charge in [0, 0.05) is 0 Å². The summed E-state index contributed by atoms with van der Waals surface area (Å²) in [6.45, 7) is 5.96. The van der Waals surface area contributed by atoms with Gasteiger partial charge in [-0.3, -0.25) is 9.59 Å². The molecule has 0 aliphatic rings. The molecule has 0 saturated carbocycles. The van der Waals surface area contributed by atoms with Gasteiger partial charge in [0.05, 0.1) is 47.2 Å². The van der Waals surface area contributed by atoms with Crippen LogP contribution in [0.25, 0.3) is 32.7 Å². The fourth-order valence-corrected chi connectivity index (χ4v) is 4.98. The number of aromatic hydroxyl groups is 4. The van der Waals surface area contributed by atoms with Gasteiger partial charge in [-0.25, -0.2) is 0 Å². The highest BCUT2D eigenvalue weighted by atomic mass is 16.5.